The molecule has 1 aromatic rings. The lowest BCUT2D eigenvalue weighted by Gasteiger charge is -2.08. The predicted octanol–water partition coefficient (Wildman–Crippen LogP) is 2.72. The van der Waals surface area contributed by atoms with Gasteiger partial charge in [-0.3, -0.25) is 0 Å². The molecule has 0 fully saturated rings. The van der Waals surface area contributed by atoms with Gasteiger partial charge in [-0.15, -0.1) is 0 Å². The van der Waals surface area contributed by atoms with Crippen LogP contribution in [0.1, 0.15) is 5.56 Å². The summed E-state index contributed by atoms with van der Waals surface area (Å²) < 4.78 is 5.07. The molecule has 0 amide bonds. The first-order valence-corrected chi connectivity index (χ1v) is 4.61. The Morgan fingerprint density at radius 3 is 2.54 bits per heavy atom. The molecule has 1 N–H and O–H groups in total. The molecule has 0 heterocycles. The van der Waals surface area contributed by atoms with Gasteiger partial charge in [-0.2, -0.15) is 0 Å². The Morgan fingerprint density at radius 2 is 2.00 bits per heavy atom. The number of hydrogen-bond donors (Lipinski definition) is 1. The maximum Gasteiger partial charge on any atom is 0.137 e. The van der Waals surface area contributed by atoms with Crippen LogP contribution < -0.4 is 10.1 Å². The van der Waals surface area contributed by atoms with Crippen molar-refractivity contribution in [1.29, 1.82) is 0 Å². The molecule has 0 aliphatic rings. The van der Waals surface area contributed by atoms with Gasteiger partial charge >= 0.3 is 0 Å². The summed E-state index contributed by atoms with van der Waals surface area (Å²) in [5.74, 6) is 0.649. The SMILES string of the molecule is CNCc1cc(OC)c(Cl)cc1Cl. The van der Waals surface area contributed by atoms with Crippen molar-refractivity contribution < 1.29 is 4.74 Å². The van der Waals surface area contributed by atoms with Crippen LogP contribution in [-0.2, 0) is 6.54 Å². The second-order valence-corrected chi connectivity index (χ2v) is 3.42. The minimum atomic E-state index is 0.535. The predicted molar refractivity (Wildman–Crippen MR) is 55.8 cm³/mol. The molecule has 4 heteroatoms. The van der Waals surface area contributed by atoms with Crippen LogP contribution in [0.5, 0.6) is 5.75 Å². The number of rotatable bonds is 3. The van der Waals surface area contributed by atoms with Gasteiger partial charge in [0.2, 0.25) is 0 Å². The summed E-state index contributed by atoms with van der Waals surface area (Å²) in [6.45, 7) is 0.701. The molecule has 0 unspecified atom stereocenters. The van der Waals surface area contributed by atoms with Crippen molar-refractivity contribution in [2.45, 2.75) is 6.54 Å². The van der Waals surface area contributed by atoms with Gasteiger partial charge in [0.05, 0.1) is 12.1 Å². The average molecular weight is 220 g/mol. The molecule has 0 atom stereocenters. The Labute approximate surface area is 87.8 Å². The summed E-state index contributed by atoms with van der Waals surface area (Å²) in [6.07, 6.45) is 0. The lowest BCUT2D eigenvalue weighted by molar-refractivity contribution is 0.414. The van der Waals surface area contributed by atoms with Crippen LogP contribution in [0.25, 0.3) is 0 Å². The molecular formula is C9H11Cl2NO. The third-order valence-electron chi connectivity index (χ3n) is 1.69. The Hall–Kier alpha value is -0.440. The molecule has 13 heavy (non-hydrogen) atoms. The Kier molecular flexibility index (Phi) is 3.85. The van der Waals surface area contributed by atoms with E-state index >= 15 is 0 Å². The average Bonchev–Trinajstić information content (AvgIpc) is 2.10. The number of benzene rings is 1. The van der Waals surface area contributed by atoms with E-state index in [4.69, 9.17) is 27.9 Å². The van der Waals surface area contributed by atoms with Crippen molar-refractivity contribution in [3.05, 3.63) is 27.7 Å². The Morgan fingerprint density at radius 1 is 1.31 bits per heavy atom. The molecule has 1 aromatic carbocycles. The minimum Gasteiger partial charge on any atom is -0.495 e. The molecule has 0 saturated carbocycles. The summed E-state index contributed by atoms with van der Waals surface area (Å²) in [7, 11) is 3.44. The van der Waals surface area contributed by atoms with Gasteiger partial charge in [-0.05, 0) is 24.7 Å². The summed E-state index contributed by atoms with van der Waals surface area (Å²) >= 11 is 11.8. The van der Waals surface area contributed by atoms with Crippen LogP contribution in [0, 0.1) is 0 Å². The third-order valence-corrected chi connectivity index (χ3v) is 2.34. The zero-order valence-corrected chi connectivity index (χ0v) is 9.04. The smallest absolute Gasteiger partial charge is 0.137 e. The lowest BCUT2D eigenvalue weighted by Crippen LogP contribution is -2.05. The molecule has 0 aliphatic carbocycles. The number of hydrogen-bond acceptors (Lipinski definition) is 2. The van der Waals surface area contributed by atoms with E-state index in [1.807, 2.05) is 13.1 Å². The van der Waals surface area contributed by atoms with Crippen LogP contribution in [0.15, 0.2) is 12.1 Å². The van der Waals surface area contributed by atoms with Crippen molar-refractivity contribution in [2.24, 2.45) is 0 Å². The monoisotopic (exact) mass is 219 g/mol. The maximum absolute atomic E-state index is 5.96. The van der Waals surface area contributed by atoms with E-state index in [0.717, 1.165) is 5.56 Å². The van der Waals surface area contributed by atoms with Crippen molar-refractivity contribution in [3.8, 4) is 5.75 Å². The van der Waals surface area contributed by atoms with E-state index in [1.54, 1.807) is 13.2 Å². The Balaban J connectivity index is 3.06. The van der Waals surface area contributed by atoms with Gasteiger partial charge in [0.25, 0.3) is 0 Å². The van der Waals surface area contributed by atoms with E-state index in [2.05, 4.69) is 5.32 Å². The van der Waals surface area contributed by atoms with Gasteiger partial charge in [-0.25, -0.2) is 0 Å². The number of nitrogens with one attached hydrogen (secondary N) is 1. The standard InChI is InChI=1S/C9H11Cl2NO/c1-12-5-6-3-9(13-2)8(11)4-7(6)10/h3-4,12H,5H2,1-2H3. The zero-order valence-electron chi connectivity index (χ0n) is 7.53. The third kappa shape index (κ3) is 2.50. The van der Waals surface area contributed by atoms with Gasteiger partial charge in [-0.1, -0.05) is 23.2 Å². The molecule has 72 valence electrons. The van der Waals surface area contributed by atoms with Crippen molar-refractivity contribution in [1.82, 2.24) is 5.32 Å². The van der Waals surface area contributed by atoms with Gasteiger partial charge < -0.3 is 10.1 Å². The first-order chi connectivity index (χ1) is 6.19. The van der Waals surface area contributed by atoms with Gasteiger partial charge in [0, 0.05) is 11.6 Å². The van der Waals surface area contributed by atoms with E-state index < -0.39 is 0 Å². The van der Waals surface area contributed by atoms with Crippen molar-refractivity contribution in [3.63, 3.8) is 0 Å². The summed E-state index contributed by atoms with van der Waals surface area (Å²) in [5, 5.41) is 4.20. The highest BCUT2D eigenvalue weighted by Crippen LogP contribution is 2.30. The molecule has 0 bridgehead atoms. The van der Waals surface area contributed by atoms with E-state index in [9.17, 15) is 0 Å². The molecular weight excluding hydrogens is 209 g/mol. The highest BCUT2D eigenvalue weighted by atomic mass is 35.5. The quantitative estimate of drug-likeness (QED) is 0.845. The van der Waals surface area contributed by atoms with Gasteiger partial charge in [0.15, 0.2) is 0 Å². The fourth-order valence-corrected chi connectivity index (χ4v) is 1.58. The highest BCUT2D eigenvalue weighted by molar-refractivity contribution is 6.36. The molecule has 0 aromatic heterocycles. The van der Waals surface area contributed by atoms with E-state index in [0.29, 0.717) is 22.3 Å². The maximum atomic E-state index is 5.96. The largest absolute Gasteiger partial charge is 0.495 e. The first kappa shape index (κ1) is 10.6. The normalized spacial score (nSPS) is 10.2. The molecule has 0 radical (unpaired) electrons. The fraction of sp³-hybridized carbons (Fsp3) is 0.333. The summed E-state index contributed by atoms with van der Waals surface area (Å²) in [5.41, 5.74) is 0.977. The van der Waals surface area contributed by atoms with Crippen LogP contribution in [0.4, 0.5) is 0 Å². The van der Waals surface area contributed by atoms with Gasteiger partial charge in [0.1, 0.15) is 5.75 Å². The van der Waals surface area contributed by atoms with Crippen LogP contribution in [0.3, 0.4) is 0 Å². The number of halogens is 2. The van der Waals surface area contributed by atoms with E-state index in [1.165, 1.54) is 0 Å². The van der Waals surface area contributed by atoms with Crippen LogP contribution >= 0.6 is 23.2 Å². The summed E-state index contributed by atoms with van der Waals surface area (Å²) in [4.78, 5) is 0. The van der Waals surface area contributed by atoms with Crippen LogP contribution in [0.2, 0.25) is 10.0 Å². The Bertz CT molecular complexity index is 302. The number of ether oxygens (including phenoxy) is 1. The minimum absolute atomic E-state index is 0.535. The first-order valence-electron chi connectivity index (χ1n) is 3.85. The van der Waals surface area contributed by atoms with E-state index in [-0.39, 0.29) is 0 Å². The fourth-order valence-electron chi connectivity index (χ4n) is 1.05. The van der Waals surface area contributed by atoms with Crippen molar-refractivity contribution >= 4 is 23.2 Å². The highest BCUT2D eigenvalue weighted by Gasteiger charge is 2.06. The second kappa shape index (κ2) is 4.70. The summed E-state index contributed by atoms with van der Waals surface area (Å²) in [6, 6.07) is 3.52. The molecule has 0 aliphatic heterocycles. The molecule has 1 rings (SSSR count). The lowest BCUT2D eigenvalue weighted by atomic mass is 10.2. The van der Waals surface area contributed by atoms with Crippen LogP contribution in [-0.4, -0.2) is 14.2 Å². The topological polar surface area (TPSA) is 21.3 Å². The zero-order chi connectivity index (χ0) is 9.84. The van der Waals surface area contributed by atoms with Crippen molar-refractivity contribution in [2.75, 3.05) is 14.2 Å². The molecule has 0 spiro atoms. The molecule has 2 nitrogen and oxygen atoms in total. The molecule has 0 saturated heterocycles. The second-order valence-electron chi connectivity index (χ2n) is 2.61. The number of methoxy groups -OCH3 is 1.